The van der Waals surface area contributed by atoms with Gasteiger partial charge in [0.2, 0.25) is 5.91 Å². The summed E-state index contributed by atoms with van der Waals surface area (Å²) in [7, 11) is 0. The van der Waals surface area contributed by atoms with E-state index < -0.39 is 0 Å². The van der Waals surface area contributed by atoms with Crippen LogP contribution in [-0.2, 0) is 11.3 Å². The molecular formula is C19H22N4O2S. The molecule has 2 aromatic heterocycles. The van der Waals surface area contributed by atoms with Gasteiger partial charge >= 0.3 is 0 Å². The van der Waals surface area contributed by atoms with Gasteiger partial charge in [-0.1, -0.05) is 42.1 Å². The van der Waals surface area contributed by atoms with Crippen molar-refractivity contribution in [2.45, 2.75) is 25.5 Å². The topological polar surface area (TPSA) is 64.2 Å². The molecule has 136 valence electrons. The molecule has 0 saturated heterocycles. The van der Waals surface area contributed by atoms with Gasteiger partial charge < -0.3 is 9.32 Å². The number of rotatable bonds is 8. The lowest BCUT2D eigenvalue weighted by Gasteiger charge is -2.18. The van der Waals surface area contributed by atoms with E-state index in [9.17, 15) is 4.79 Å². The summed E-state index contributed by atoms with van der Waals surface area (Å²) in [4.78, 5) is 14.1. The number of carbonyl (C=O) groups excluding carboxylic acids is 1. The Morgan fingerprint density at radius 1 is 1.12 bits per heavy atom. The maximum atomic E-state index is 12.3. The highest BCUT2D eigenvalue weighted by molar-refractivity contribution is 7.99. The van der Waals surface area contributed by atoms with Gasteiger partial charge in [-0.15, -0.1) is 10.2 Å². The number of aromatic nitrogens is 3. The number of hydrogen-bond acceptors (Lipinski definition) is 5. The number of amides is 1. The van der Waals surface area contributed by atoms with Crippen molar-refractivity contribution in [3.05, 3.63) is 54.5 Å². The fourth-order valence-corrected chi connectivity index (χ4v) is 3.53. The lowest BCUT2D eigenvalue weighted by Crippen LogP contribution is -2.31. The predicted molar refractivity (Wildman–Crippen MR) is 102 cm³/mol. The maximum absolute atomic E-state index is 12.3. The molecule has 0 fully saturated rings. The molecule has 7 heteroatoms. The van der Waals surface area contributed by atoms with Gasteiger partial charge in [-0.3, -0.25) is 9.36 Å². The average Bonchev–Trinajstić information content (AvgIpc) is 3.32. The van der Waals surface area contributed by atoms with Crippen LogP contribution in [0.25, 0.3) is 11.4 Å². The van der Waals surface area contributed by atoms with E-state index in [1.54, 1.807) is 6.26 Å². The molecule has 0 saturated carbocycles. The van der Waals surface area contributed by atoms with E-state index >= 15 is 0 Å². The Kier molecular flexibility index (Phi) is 6.12. The largest absolute Gasteiger partial charge is 0.467 e. The second-order valence-electron chi connectivity index (χ2n) is 5.69. The number of furan rings is 1. The van der Waals surface area contributed by atoms with Gasteiger partial charge in [-0.25, -0.2) is 0 Å². The van der Waals surface area contributed by atoms with Crippen LogP contribution in [0.4, 0.5) is 0 Å². The summed E-state index contributed by atoms with van der Waals surface area (Å²) < 4.78 is 7.48. The maximum Gasteiger partial charge on any atom is 0.233 e. The number of benzene rings is 1. The highest BCUT2D eigenvalue weighted by Crippen LogP contribution is 2.25. The summed E-state index contributed by atoms with van der Waals surface area (Å²) in [6.45, 7) is 5.92. The lowest BCUT2D eigenvalue weighted by atomic mass is 10.2. The Morgan fingerprint density at radius 2 is 1.88 bits per heavy atom. The predicted octanol–water partition coefficient (Wildman–Crippen LogP) is 3.55. The van der Waals surface area contributed by atoms with Crippen molar-refractivity contribution in [1.29, 1.82) is 0 Å². The van der Waals surface area contributed by atoms with Crippen LogP contribution in [0, 0.1) is 0 Å². The molecule has 0 N–H and O–H groups in total. The molecular weight excluding hydrogens is 348 g/mol. The molecule has 0 aliphatic rings. The second kappa shape index (κ2) is 8.71. The van der Waals surface area contributed by atoms with Crippen molar-refractivity contribution < 1.29 is 9.21 Å². The Hall–Kier alpha value is -2.54. The minimum absolute atomic E-state index is 0.105. The summed E-state index contributed by atoms with van der Waals surface area (Å²) >= 11 is 1.41. The number of carbonyl (C=O) groups is 1. The van der Waals surface area contributed by atoms with Crippen molar-refractivity contribution in [1.82, 2.24) is 19.7 Å². The van der Waals surface area contributed by atoms with Gasteiger partial charge in [0, 0.05) is 18.7 Å². The Bertz CT molecular complexity index is 827. The van der Waals surface area contributed by atoms with Crippen molar-refractivity contribution in [3.63, 3.8) is 0 Å². The summed E-state index contributed by atoms with van der Waals surface area (Å²) in [6, 6.07) is 13.7. The quantitative estimate of drug-likeness (QED) is 0.568. The van der Waals surface area contributed by atoms with Gasteiger partial charge in [0.05, 0.1) is 18.6 Å². The summed E-state index contributed by atoms with van der Waals surface area (Å²) in [5.74, 6) is 2.03. The van der Waals surface area contributed by atoms with E-state index in [0.717, 1.165) is 17.1 Å². The fraction of sp³-hybridized carbons (Fsp3) is 0.316. The van der Waals surface area contributed by atoms with Crippen LogP contribution < -0.4 is 0 Å². The highest BCUT2D eigenvalue weighted by atomic mass is 32.2. The Balaban J connectivity index is 1.85. The molecule has 3 rings (SSSR count). The first kappa shape index (κ1) is 18.3. The summed E-state index contributed by atoms with van der Waals surface area (Å²) in [5, 5.41) is 9.38. The Morgan fingerprint density at radius 3 is 2.54 bits per heavy atom. The van der Waals surface area contributed by atoms with Gasteiger partial charge in [-0.05, 0) is 26.0 Å². The molecule has 0 aliphatic carbocycles. The molecule has 0 spiro atoms. The van der Waals surface area contributed by atoms with Crippen LogP contribution in [0.2, 0.25) is 0 Å². The molecule has 6 nitrogen and oxygen atoms in total. The van der Waals surface area contributed by atoms with Crippen molar-refractivity contribution >= 4 is 17.7 Å². The zero-order valence-electron chi connectivity index (χ0n) is 15.0. The standard InChI is InChI=1S/C19H22N4O2S/c1-3-22(4-2)17(24)14-26-19-21-20-18(15-9-6-5-7-10-15)23(19)13-16-11-8-12-25-16/h5-12H,3-4,13-14H2,1-2H3. The van der Waals surface area contributed by atoms with E-state index in [4.69, 9.17) is 4.42 Å². The van der Waals surface area contributed by atoms with E-state index in [0.29, 0.717) is 30.5 Å². The highest BCUT2D eigenvalue weighted by Gasteiger charge is 2.18. The molecule has 2 heterocycles. The first-order valence-electron chi connectivity index (χ1n) is 8.64. The number of thioether (sulfide) groups is 1. The summed E-state index contributed by atoms with van der Waals surface area (Å²) in [5.41, 5.74) is 0.980. The molecule has 0 unspecified atom stereocenters. The van der Waals surface area contributed by atoms with Gasteiger partial charge in [-0.2, -0.15) is 0 Å². The molecule has 3 aromatic rings. The van der Waals surface area contributed by atoms with Crippen LogP contribution in [0.15, 0.2) is 58.3 Å². The third-order valence-corrected chi connectivity index (χ3v) is 5.04. The van der Waals surface area contributed by atoms with Gasteiger partial charge in [0.25, 0.3) is 0 Å². The van der Waals surface area contributed by atoms with Crippen LogP contribution in [0.1, 0.15) is 19.6 Å². The van der Waals surface area contributed by atoms with E-state index in [1.165, 1.54) is 11.8 Å². The smallest absolute Gasteiger partial charge is 0.233 e. The van der Waals surface area contributed by atoms with Crippen LogP contribution in [0.3, 0.4) is 0 Å². The lowest BCUT2D eigenvalue weighted by molar-refractivity contribution is -0.127. The first-order chi connectivity index (χ1) is 12.7. The second-order valence-corrected chi connectivity index (χ2v) is 6.63. The van der Waals surface area contributed by atoms with Crippen molar-refractivity contribution in [3.8, 4) is 11.4 Å². The minimum Gasteiger partial charge on any atom is -0.467 e. The first-order valence-corrected chi connectivity index (χ1v) is 9.63. The van der Waals surface area contributed by atoms with Crippen molar-refractivity contribution in [2.24, 2.45) is 0 Å². The number of hydrogen-bond donors (Lipinski definition) is 0. The third-order valence-electron chi connectivity index (χ3n) is 4.08. The minimum atomic E-state index is 0.105. The third kappa shape index (κ3) is 4.16. The molecule has 26 heavy (non-hydrogen) atoms. The number of nitrogens with zero attached hydrogens (tertiary/aromatic N) is 4. The van der Waals surface area contributed by atoms with Crippen molar-refractivity contribution in [2.75, 3.05) is 18.8 Å². The van der Waals surface area contributed by atoms with Crippen LogP contribution >= 0.6 is 11.8 Å². The normalized spacial score (nSPS) is 10.8. The SMILES string of the molecule is CCN(CC)C(=O)CSc1nnc(-c2ccccc2)n1Cc1ccco1. The van der Waals surface area contributed by atoms with Crippen LogP contribution in [-0.4, -0.2) is 44.4 Å². The molecule has 0 radical (unpaired) electrons. The Labute approximate surface area is 157 Å². The molecule has 1 amide bonds. The van der Waals surface area contributed by atoms with E-state index in [2.05, 4.69) is 10.2 Å². The van der Waals surface area contributed by atoms with Gasteiger partial charge in [0.15, 0.2) is 11.0 Å². The van der Waals surface area contributed by atoms with Crippen LogP contribution in [0.5, 0.6) is 0 Å². The van der Waals surface area contributed by atoms with E-state index in [-0.39, 0.29) is 5.91 Å². The van der Waals surface area contributed by atoms with Gasteiger partial charge in [0.1, 0.15) is 5.76 Å². The molecule has 1 aromatic carbocycles. The zero-order valence-corrected chi connectivity index (χ0v) is 15.8. The zero-order chi connectivity index (χ0) is 18.4. The average molecular weight is 370 g/mol. The summed E-state index contributed by atoms with van der Waals surface area (Å²) in [6.07, 6.45) is 1.65. The molecule has 0 atom stereocenters. The molecule has 0 bridgehead atoms. The fourth-order valence-electron chi connectivity index (χ4n) is 2.69. The van der Waals surface area contributed by atoms with E-state index in [1.807, 2.05) is 65.8 Å². The monoisotopic (exact) mass is 370 g/mol. The molecule has 0 aliphatic heterocycles.